The smallest absolute Gasteiger partial charge is 0.233 e. The maximum absolute atomic E-state index is 12.7. The molecule has 3 rings (SSSR count). The monoisotopic (exact) mass is 433 g/mol. The minimum absolute atomic E-state index is 0.0447. The molecule has 29 heavy (non-hydrogen) atoms. The molecule has 0 aliphatic heterocycles. The second-order valence-electron chi connectivity index (χ2n) is 6.78. The Bertz CT molecular complexity index is 870. The lowest BCUT2D eigenvalue weighted by Crippen LogP contribution is -2.34. The van der Waals surface area contributed by atoms with Crippen LogP contribution in [0.25, 0.3) is 0 Å². The number of anilines is 1. The number of hydrogen-bond acceptors (Lipinski definition) is 7. The van der Waals surface area contributed by atoms with Crippen LogP contribution in [0.2, 0.25) is 0 Å². The topological polar surface area (TPSA) is 109 Å². The van der Waals surface area contributed by atoms with Gasteiger partial charge in [-0.05, 0) is 18.4 Å². The summed E-state index contributed by atoms with van der Waals surface area (Å²) in [6, 6.07) is 9.81. The van der Waals surface area contributed by atoms with Crippen molar-refractivity contribution in [1.29, 1.82) is 0 Å². The second-order valence-corrected chi connectivity index (χ2v) is 8.96. The molecule has 1 fully saturated rings. The van der Waals surface area contributed by atoms with E-state index < -0.39 is 5.91 Å². The van der Waals surface area contributed by atoms with Gasteiger partial charge in [0, 0.05) is 32.5 Å². The first kappa shape index (κ1) is 21.3. The Balaban J connectivity index is 1.60. The Labute approximate surface area is 177 Å². The number of aromatic nitrogens is 2. The molecule has 1 aromatic carbocycles. The van der Waals surface area contributed by atoms with Crippen molar-refractivity contribution in [2.24, 2.45) is 5.73 Å². The molecule has 3 amide bonds. The molecule has 1 saturated carbocycles. The van der Waals surface area contributed by atoms with Gasteiger partial charge in [-0.1, -0.05) is 53.4 Å². The Morgan fingerprint density at radius 3 is 2.55 bits per heavy atom. The molecular formula is C19H23N5O3S2. The van der Waals surface area contributed by atoms with Crippen molar-refractivity contribution in [3.8, 4) is 0 Å². The van der Waals surface area contributed by atoms with Crippen molar-refractivity contribution in [2.45, 2.75) is 43.1 Å². The Morgan fingerprint density at radius 2 is 1.93 bits per heavy atom. The van der Waals surface area contributed by atoms with Gasteiger partial charge in [-0.15, -0.1) is 10.2 Å². The normalized spacial score (nSPS) is 13.1. The number of primary amides is 1. The van der Waals surface area contributed by atoms with Gasteiger partial charge in [-0.3, -0.25) is 19.3 Å². The molecule has 0 spiro atoms. The maximum atomic E-state index is 12.7. The van der Waals surface area contributed by atoms with Gasteiger partial charge in [-0.25, -0.2) is 0 Å². The fourth-order valence-electron chi connectivity index (χ4n) is 2.79. The lowest BCUT2D eigenvalue weighted by Gasteiger charge is -2.22. The van der Waals surface area contributed by atoms with Crippen molar-refractivity contribution < 1.29 is 14.4 Å². The van der Waals surface area contributed by atoms with E-state index in [1.165, 1.54) is 30.0 Å². The van der Waals surface area contributed by atoms with E-state index in [9.17, 15) is 14.4 Å². The third-order valence-corrected chi connectivity index (χ3v) is 6.41. The van der Waals surface area contributed by atoms with E-state index in [0.29, 0.717) is 16.0 Å². The van der Waals surface area contributed by atoms with Gasteiger partial charge in [0.1, 0.15) is 0 Å². The first-order chi connectivity index (χ1) is 13.9. The average Bonchev–Trinajstić information content (AvgIpc) is 3.41. The molecule has 0 atom stereocenters. The fourth-order valence-corrected chi connectivity index (χ4v) is 4.65. The van der Waals surface area contributed by atoms with Crippen LogP contribution in [0, 0.1) is 0 Å². The molecule has 0 bridgehead atoms. The van der Waals surface area contributed by atoms with Gasteiger partial charge < -0.3 is 10.6 Å². The zero-order valence-corrected chi connectivity index (χ0v) is 17.7. The Hall–Kier alpha value is -2.46. The summed E-state index contributed by atoms with van der Waals surface area (Å²) < 4.78 is 0.634. The molecule has 1 aliphatic carbocycles. The molecule has 0 saturated heterocycles. The average molecular weight is 434 g/mol. The van der Waals surface area contributed by atoms with Gasteiger partial charge in [0.25, 0.3) is 0 Å². The summed E-state index contributed by atoms with van der Waals surface area (Å²) in [6.45, 7) is 2.20. The van der Waals surface area contributed by atoms with Gasteiger partial charge in [0.2, 0.25) is 22.9 Å². The highest BCUT2D eigenvalue weighted by Gasteiger charge is 2.34. The molecule has 2 N–H and O–H groups in total. The molecule has 2 aromatic rings. The summed E-state index contributed by atoms with van der Waals surface area (Å²) >= 11 is 2.60. The van der Waals surface area contributed by atoms with E-state index in [-0.39, 0.29) is 36.6 Å². The highest BCUT2D eigenvalue weighted by atomic mass is 32.2. The van der Waals surface area contributed by atoms with E-state index in [4.69, 9.17) is 5.73 Å². The van der Waals surface area contributed by atoms with E-state index in [0.717, 1.165) is 18.4 Å². The molecule has 1 heterocycles. The highest BCUT2D eigenvalue weighted by molar-refractivity contribution is 8.01. The van der Waals surface area contributed by atoms with E-state index in [1.807, 2.05) is 30.3 Å². The van der Waals surface area contributed by atoms with E-state index in [2.05, 4.69) is 10.2 Å². The maximum Gasteiger partial charge on any atom is 0.233 e. The zero-order valence-electron chi connectivity index (χ0n) is 16.1. The van der Waals surface area contributed by atoms with Crippen LogP contribution in [0.15, 0.2) is 34.7 Å². The van der Waals surface area contributed by atoms with Crippen LogP contribution in [0.1, 0.15) is 31.7 Å². The number of hydrogen-bond donors (Lipinski definition) is 1. The minimum atomic E-state index is -0.443. The third-order valence-electron chi connectivity index (χ3n) is 4.37. The number of carbonyl (C=O) groups is 3. The fraction of sp³-hybridized carbons (Fsp3) is 0.421. The standard InChI is InChI=1S/C19H23N5O3S2/c1-13(25)24(15-7-8-15)18-21-22-19(29-18)28-12-17(27)23(10-9-16(20)26)11-14-5-3-2-4-6-14/h2-6,15H,7-12H2,1H3,(H2,20,26). The van der Waals surface area contributed by atoms with Crippen LogP contribution < -0.4 is 10.6 Å². The summed E-state index contributed by atoms with van der Waals surface area (Å²) in [5, 5.41) is 8.80. The summed E-state index contributed by atoms with van der Waals surface area (Å²) in [6.07, 6.45) is 2.07. The molecule has 10 heteroatoms. The van der Waals surface area contributed by atoms with Crippen LogP contribution >= 0.6 is 23.1 Å². The number of amides is 3. The van der Waals surface area contributed by atoms with Gasteiger partial charge in [0.05, 0.1) is 5.75 Å². The Morgan fingerprint density at radius 1 is 1.21 bits per heavy atom. The van der Waals surface area contributed by atoms with Crippen LogP contribution in [-0.4, -0.2) is 51.2 Å². The van der Waals surface area contributed by atoms with Crippen molar-refractivity contribution in [3.63, 3.8) is 0 Å². The predicted molar refractivity (Wildman–Crippen MR) is 112 cm³/mol. The van der Waals surface area contributed by atoms with Gasteiger partial charge >= 0.3 is 0 Å². The zero-order chi connectivity index (χ0) is 20.8. The predicted octanol–water partition coefficient (Wildman–Crippen LogP) is 2.05. The Kier molecular flexibility index (Phi) is 7.21. The molecule has 0 radical (unpaired) electrons. The summed E-state index contributed by atoms with van der Waals surface area (Å²) in [7, 11) is 0. The summed E-state index contributed by atoms with van der Waals surface area (Å²) in [5.41, 5.74) is 6.23. The van der Waals surface area contributed by atoms with Crippen LogP contribution in [-0.2, 0) is 20.9 Å². The SMILES string of the molecule is CC(=O)N(c1nnc(SCC(=O)N(CCC(N)=O)Cc2ccccc2)s1)C1CC1. The first-order valence-corrected chi connectivity index (χ1v) is 11.1. The lowest BCUT2D eigenvalue weighted by atomic mass is 10.2. The van der Waals surface area contributed by atoms with Crippen molar-refractivity contribution in [3.05, 3.63) is 35.9 Å². The number of carbonyl (C=O) groups excluding carboxylic acids is 3. The molecule has 1 aromatic heterocycles. The van der Waals surface area contributed by atoms with Gasteiger partial charge in [-0.2, -0.15) is 0 Å². The van der Waals surface area contributed by atoms with Crippen LogP contribution in [0.5, 0.6) is 0 Å². The largest absolute Gasteiger partial charge is 0.370 e. The number of benzene rings is 1. The number of rotatable bonds is 10. The molecule has 154 valence electrons. The second kappa shape index (κ2) is 9.84. The van der Waals surface area contributed by atoms with Crippen molar-refractivity contribution in [2.75, 3.05) is 17.2 Å². The van der Waals surface area contributed by atoms with Gasteiger partial charge in [0.15, 0.2) is 4.34 Å². The van der Waals surface area contributed by atoms with E-state index >= 15 is 0 Å². The number of nitrogens with zero attached hydrogens (tertiary/aromatic N) is 4. The summed E-state index contributed by atoms with van der Waals surface area (Å²) in [4.78, 5) is 39.1. The molecule has 0 unspecified atom stereocenters. The first-order valence-electron chi connectivity index (χ1n) is 9.30. The quantitative estimate of drug-likeness (QED) is 0.454. The molecule has 1 aliphatic rings. The third kappa shape index (κ3) is 6.26. The molecule has 8 nitrogen and oxygen atoms in total. The van der Waals surface area contributed by atoms with E-state index in [1.54, 1.807) is 9.80 Å². The van der Waals surface area contributed by atoms with Crippen molar-refractivity contribution in [1.82, 2.24) is 15.1 Å². The number of thioether (sulfide) groups is 1. The minimum Gasteiger partial charge on any atom is -0.370 e. The molecular weight excluding hydrogens is 410 g/mol. The van der Waals surface area contributed by atoms with Crippen LogP contribution in [0.4, 0.5) is 5.13 Å². The number of nitrogens with two attached hydrogens (primary N) is 1. The lowest BCUT2D eigenvalue weighted by molar-refractivity contribution is -0.129. The van der Waals surface area contributed by atoms with Crippen molar-refractivity contribution >= 4 is 46.0 Å². The van der Waals surface area contributed by atoms with Crippen LogP contribution in [0.3, 0.4) is 0 Å². The summed E-state index contributed by atoms with van der Waals surface area (Å²) in [5.74, 6) is -0.426. The highest BCUT2D eigenvalue weighted by Crippen LogP contribution is 2.35.